The minimum absolute atomic E-state index is 0.175. The predicted molar refractivity (Wildman–Crippen MR) is 124 cm³/mol. The molecular formula is C19H18Cl2N4O4S2. The zero-order chi connectivity index (χ0) is 22.8. The normalized spacial score (nSPS) is 12.3. The summed E-state index contributed by atoms with van der Waals surface area (Å²) in [6.07, 6.45) is 1.01. The van der Waals surface area contributed by atoms with Gasteiger partial charge in [-0.25, -0.2) is 8.42 Å². The number of carbonyl (C=O) groups excluding carboxylic acids is 1. The second-order valence-corrected chi connectivity index (χ2v) is 10.1. The number of amides is 1. The lowest BCUT2D eigenvalue weighted by molar-refractivity contribution is -0.116. The van der Waals surface area contributed by atoms with Crippen LogP contribution in [0, 0.1) is 0 Å². The summed E-state index contributed by atoms with van der Waals surface area (Å²) in [5.74, 6) is 0.132. The minimum Gasteiger partial charge on any atom is -0.497 e. The van der Waals surface area contributed by atoms with Crippen LogP contribution in [0.25, 0.3) is 10.6 Å². The fourth-order valence-electron chi connectivity index (χ4n) is 2.76. The van der Waals surface area contributed by atoms with Crippen molar-refractivity contribution >= 4 is 61.3 Å². The van der Waals surface area contributed by atoms with Gasteiger partial charge in [0.05, 0.1) is 29.1 Å². The number of rotatable bonds is 7. The number of sulfonamides is 1. The van der Waals surface area contributed by atoms with Crippen LogP contribution in [0.15, 0.2) is 42.5 Å². The zero-order valence-electron chi connectivity index (χ0n) is 16.7. The predicted octanol–water partition coefficient (Wildman–Crippen LogP) is 4.31. The van der Waals surface area contributed by atoms with Crippen molar-refractivity contribution in [2.45, 2.75) is 13.0 Å². The Morgan fingerprint density at radius 2 is 1.81 bits per heavy atom. The molecule has 0 spiro atoms. The zero-order valence-corrected chi connectivity index (χ0v) is 19.8. The molecule has 3 rings (SSSR count). The molecule has 0 bridgehead atoms. The number of hydrogen-bond acceptors (Lipinski definition) is 7. The number of carbonyl (C=O) groups is 1. The maximum Gasteiger partial charge on any atom is 0.249 e. The van der Waals surface area contributed by atoms with Crippen molar-refractivity contribution in [1.29, 1.82) is 0 Å². The first kappa shape index (κ1) is 23.3. The van der Waals surface area contributed by atoms with Gasteiger partial charge < -0.3 is 4.74 Å². The Kier molecular flexibility index (Phi) is 7.05. The molecule has 1 atom stereocenters. The first-order valence-corrected chi connectivity index (χ1v) is 12.3. The summed E-state index contributed by atoms with van der Waals surface area (Å²) in [5, 5.41) is 12.0. The van der Waals surface area contributed by atoms with Gasteiger partial charge in [0.25, 0.3) is 0 Å². The van der Waals surface area contributed by atoms with E-state index in [1.54, 1.807) is 19.2 Å². The van der Waals surface area contributed by atoms with E-state index in [0.717, 1.165) is 27.5 Å². The van der Waals surface area contributed by atoms with Gasteiger partial charge in [-0.15, -0.1) is 10.2 Å². The Hall–Kier alpha value is -2.40. The van der Waals surface area contributed by atoms with Crippen LogP contribution in [-0.4, -0.2) is 43.9 Å². The van der Waals surface area contributed by atoms with Gasteiger partial charge in [0.15, 0.2) is 0 Å². The van der Waals surface area contributed by atoms with Crippen molar-refractivity contribution in [3.05, 3.63) is 52.5 Å². The molecule has 1 amide bonds. The van der Waals surface area contributed by atoms with E-state index in [0.29, 0.717) is 10.8 Å². The third kappa shape index (κ3) is 5.45. The Morgan fingerprint density at radius 3 is 2.39 bits per heavy atom. The Balaban J connectivity index is 1.81. The van der Waals surface area contributed by atoms with Crippen molar-refractivity contribution in [2.75, 3.05) is 23.0 Å². The molecule has 31 heavy (non-hydrogen) atoms. The summed E-state index contributed by atoms with van der Waals surface area (Å²) in [7, 11) is -2.23. The van der Waals surface area contributed by atoms with E-state index >= 15 is 0 Å². The molecule has 2 aromatic carbocycles. The van der Waals surface area contributed by atoms with Crippen molar-refractivity contribution in [2.24, 2.45) is 0 Å². The third-order valence-electron chi connectivity index (χ3n) is 4.24. The lowest BCUT2D eigenvalue weighted by atomic mass is 10.2. The maximum atomic E-state index is 12.8. The standard InChI is InChI=1S/C19H18Cl2N4O4S2/c1-11(25(31(3,27)28)13-6-9-15(20)16(21)10-13)17(26)22-19-24-23-18(30-19)12-4-7-14(29-2)8-5-12/h4-11H,1-3H3,(H,22,24,26). The maximum absolute atomic E-state index is 12.8. The van der Waals surface area contributed by atoms with Crippen LogP contribution in [0.4, 0.5) is 10.8 Å². The summed E-state index contributed by atoms with van der Waals surface area (Å²) in [6.45, 7) is 1.46. The highest BCUT2D eigenvalue weighted by Gasteiger charge is 2.30. The van der Waals surface area contributed by atoms with Gasteiger partial charge in [0.1, 0.15) is 16.8 Å². The summed E-state index contributed by atoms with van der Waals surface area (Å²) in [6, 6.07) is 10.5. The monoisotopic (exact) mass is 500 g/mol. The van der Waals surface area contributed by atoms with Crippen molar-refractivity contribution in [3.63, 3.8) is 0 Å². The van der Waals surface area contributed by atoms with Crippen LogP contribution >= 0.6 is 34.5 Å². The van der Waals surface area contributed by atoms with E-state index in [1.165, 1.54) is 25.1 Å². The van der Waals surface area contributed by atoms with Crippen LogP contribution in [-0.2, 0) is 14.8 Å². The highest BCUT2D eigenvalue weighted by Crippen LogP contribution is 2.31. The van der Waals surface area contributed by atoms with E-state index in [9.17, 15) is 13.2 Å². The highest BCUT2D eigenvalue weighted by molar-refractivity contribution is 7.92. The number of aromatic nitrogens is 2. The van der Waals surface area contributed by atoms with Gasteiger partial charge >= 0.3 is 0 Å². The molecule has 3 aromatic rings. The number of anilines is 2. The number of methoxy groups -OCH3 is 1. The van der Waals surface area contributed by atoms with Crippen LogP contribution in [0.5, 0.6) is 5.75 Å². The largest absolute Gasteiger partial charge is 0.497 e. The minimum atomic E-state index is -3.80. The molecule has 164 valence electrons. The summed E-state index contributed by atoms with van der Waals surface area (Å²) >= 11 is 13.1. The van der Waals surface area contributed by atoms with Gasteiger partial charge in [0.2, 0.25) is 21.1 Å². The number of benzene rings is 2. The number of nitrogens with one attached hydrogen (secondary N) is 1. The topological polar surface area (TPSA) is 101 Å². The smallest absolute Gasteiger partial charge is 0.249 e. The van der Waals surface area contributed by atoms with Gasteiger partial charge in [-0.05, 0) is 49.4 Å². The van der Waals surface area contributed by atoms with Crippen LogP contribution in [0.3, 0.4) is 0 Å². The second kappa shape index (κ2) is 9.39. The number of ether oxygens (including phenoxy) is 1. The lowest BCUT2D eigenvalue weighted by Crippen LogP contribution is -2.45. The average Bonchev–Trinajstić information content (AvgIpc) is 3.18. The molecule has 0 aliphatic rings. The molecule has 12 heteroatoms. The van der Waals surface area contributed by atoms with E-state index in [2.05, 4.69) is 15.5 Å². The van der Waals surface area contributed by atoms with E-state index in [4.69, 9.17) is 27.9 Å². The number of hydrogen-bond donors (Lipinski definition) is 1. The first-order chi connectivity index (χ1) is 14.6. The second-order valence-electron chi connectivity index (χ2n) is 6.46. The lowest BCUT2D eigenvalue weighted by Gasteiger charge is -2.28. The summed E-state index contributed by atoms with van der Waals surface area (Å²) in [5.41, 5.74) is 1.02. The number of nitrogens with zero attached hydrogens (tertiary/aromatic N) is 3. The molecule has 0 aliphatic carbocycles. The molecule has 1 N–H and O–H groups in total. The molecule has 0 saturated carbocycles. The molecule has 1 heterocycles. The van der Waals surface area contributed by atoms with Gasteiger partial charge in [-0.2, -0.15) is 0 Å². The first-order valence-electron chi connectivity index (χ1n) is 8.83. The van der Waals surface area contributed by atoms with Crippen molar-refractivity contribution in [1.82, 2.24) is 10.2 Å². The summed E-state index contributed by atoms with van der Waals surface area (Å²) < 4.78 is 30.9. The van der Waals surface area contributed by atoms with Crippen LogP contribution in [0.2, 0.25) is 10.0 Å². The van der Waals surface area contributed by atoms with Crippen molar-refractivity contribution in [3.8, 4) is 16.3 Å². The van der Waals surface area contributed by atoms with Crippen LogP contribution < -0.4 is 14.4 Å². The van der Waals surface area contributed by atoms with E-state index < -0.39 is 22.0 Å². The quantitative estimate of drug-likeness (QED) is 0.518. The van der Waals surface area contributed by atoms with E-state index in [1.807, 2.05) is 12.1 Å². The molecule has 0 aliphatic heterocycles. The molecular weight excluding hydrogens is 483 g/mol. The van der Waals surface area contributed by atoms with Gasteiger partial charge in [-0.1, -0.05) is 34.5 Å². The van der Waals surface area contributed by atoms with Gasteiger partial charge in [-0.3, -0.25) is 14.4 Å². The fraction of sp³-hybridized carbons (Fsp3) is 0.211. The average molecular weight is 501 g/mol. The molecule has 0 radical (unpaired) electrons. The number of halogens is 2. The Bertz CT molecular complexity index is 1200. The molecule has 8 nitrogen and oxygen atoms in total. The van der Waals surface area contributed by atoms with Crippen LogP contribution in [0.1, 0.15) is 6.92 Å². The molecule has 1 aromatic heterocycles. The molecule has 1 unspecified atom stereocenters. The molecule has 0 saturated heterocycles. The van der Waals surface area contributed by atoms with Gasteiger partial charge in [0, 0.05) is 5.56 Å². The van der Waals surface area contributed by atoms with Crippen molar-refractivity contribution < 1.29 is 17.9 Å². The molecule has 0 fully saturated rings. The Morgan fingerprint density at radius 1 is 1.13 bits per heavy atom. The third-order valence-corrected chi connectivity index (χ3v) is 7.11. The fourth-order valence-corrected chi connectivity index (χ4v) is 4.98. The van der Waals surface area contributed by atoms with E-state index in [-0.39, 0.29) is 20.9 Å². The Labute approximate surface area is 193 Å². The summed E-state index contributed by atoms with van der Waals surface area (Å²) in [4.78, 5) is 12.8. The highest BCUT2D eigenvalue weighted by atomic mass is 35.5. The SMILES string of the molecule is COc1ccc(-c2nnc(NC(=O)C(C)N(c3ccc(Cl)c(Cl)c3)S(C)(=O)=O)s2)cc1.